The minimum absolute atomic E-state index is 0.0467. The number of hydrogen-bond donors (Lipinski definition) is 1. The molecule has 32 heavy (non-hydrogen) atoms. The largest absolute Gasteiger partial charge is 0.337 e. The Morgan fingerprint density at radius 2 is 1.47 bits per heavy atom. The summed E-state index contributed by atoms with van der Waals surface area (Å²) >= 11 is 3.42. The van der Waals surface area contributed by atoms with Gasteiger partial charge in [-0.3, -0.25) is 14.5 Å². The third kappa shape index (κ3) is 5.44. The molecule has 0 aromatic heterocycles. The summed E-state index contributed by atoms with van der Waals surface area (Å²) in [6.45, 7) is 4.04. The average Bonchev–Trinajstić information content (AvgIpc) is 3.05. The van der Waals surface area contributed by atoms with Crippen molar-refractivity contribution in [3.8, 4) is 0 Å². The van der Waals surface area contributed by atoms with Crippen molar-refractivity contribution in [2.24, 2.45) is 0 Å². The second-order valence-electron chi connectivity index (χ2n) is 7.89. The van der Waals surface area contributed by atoms with Crippen LogP contribution in [0, 0.1) is 0 Å². The number of para-hydroxylation sites is 1. The molecule has 1 fully saturated rings. The summed E-state index contributed by atoms with van der Waals surface area (Å²) in [6, 6.07) is 24.9. The average molecular weight is 492 g/mol. The maximum Gasteiger partial charge on any atom is 0.256 e. The second-order valence-corrected chi connectivity index (χ2v) is 8.74. The molecule has 5 nitrogen and oxygen atoms in total. The molecule has 3 aromatic rings. The van der Waals surface area contributed by atoms with Crippen molar-refractivity contribution in [1.82, 2.24) is 9.80 Å². The Hall–Kier alpha value is -2.96. The number of hydrogen-bond acceptors (Lipinski definition) is 3. The molecule has 1 saturated heterocycles. The van der Waals surface area contributed by atoms with Crippen LogP contribution in [0.15, 0.2) is 83.3 Å². The van der Waals surface area contributed by atoms with Crippen LogP contribution in [-0.4, -0.2) is 47.8 Å². The van der Waals surface area contributed by atoms with Crippen LogP contribution in [0.3, 0.4) is 0 Å². The van der Waals surface area contributed by atoms with Crippen molar-refractivity contribution in [1.29, 1.82) is 0 Å². The Balaban J connectivity index is 1.44. The fourth-order valence-corrected chi connectivity index (χ4v) is 4.42. The zero-order chi connectivity index (χ0) is 22.3. The van der Waals surface area contributed by atoms with Crippen LogP contribution in [0.1, 0.15) is 32.7 Å². The molecule has 0 unspecified atom stereocenters. The quantitative estimate of drug-likeness (QED) is 0.543. The van der Waals surface area contributed by atoms with Gasteiger partial charge < -0.3 is 10.2 Å². The monoisotopic (exact) mass is 491 g/mol. The van der Waals surface area contributed by atoms with Crippen LogP contribution in [0.5, 0.6) is 0 Å². The second kappa shape index (κ2) is 10.6. The van der Waals surface area contributed by atoms with E-state index in [0.29, 0.717) is 34.4 Å². The number of halogens is 1. The highest BCUT2D eigenvalue weighted by Gasteiger charge is 2.23. The summed E-state index contributed by atoms with van der Waals surface area (Å²) in [4.78, 5) is 30.4. The van der Waals surface area contributed by atoms with Crippen molar-refractivity contribution in [3.05, 3.63) is 100 Å². The first kappa shape index (κ1) is 22.2. The van der Waals surface area contributed by atoms with E-state index in [1.807, 2.05) is 41.3 Å². The number of carbonyl (C=O) groups is 2. The normalized spacial score (nSPS) is 14.6. The predicted octanol–water partition coefficient (Wildman–Crippen LogP) is 5.05. The van der Waals surface area contributed by atoms with Gasteiger partial charge in [0.2, 0.25) is 0 Å². The van der Waals surface area contributed by atoms with E-state index in [0.717, 1.165) is 26.1 Å². The molecule has 0 spiro atoms. The molecule has 0 aliphatic carbocycles. The van der Waals surface area contributed by atoms with E-state index < -0.39 is 0 Å². The van der Waals surface area contributed by atoms with Crippen molar-refractivity contribution in [2.75, 3.05) is 31.5 Å². The molecule has 0 radical (unpaired) electrons. The van der Waals surface area contributed by atoms with Crippen molar-refractivity contribution in [2.45, 2.75) is 13.0 Å². The molecule has 6 heteroatoms. The maximum atomic E-state index is 13.4. The highest BCUT2D eigenvalue weighted by atomic mass is 79.9. The smallest absolute Gasteiger partial charge is 0.256 e. The Bertz CT molecular complexity index is 1090. The number of rotatable bonds is 5. The van der Waals surface area contributed by atoms with Crippen LogP contribution >= 0.6 is 15.9 Å². The number of benzene rings is 3. The number of nitrogens with zero attached hydrogens (tertiary/aromatic N) is 2. The van der Waals surface area contributed by atoms with E-state index in [1.54, 1.807) is 18.2 Å². The minimum atomic E-state index is -0.248. The maximum absolute atomic E-state index is 13.4. The molecule has 164 valence electrons. The highest BCUT2D eigenvalue weighted by molar-refractivity contribution is 9.10. The SMILES string of the molecule is O=C(Nc1ccccc1C(=O)N1CCCN(Cc2ccccc2)CC1)c1ccccc1Br. The van der Waals surface area contributed by atoms with Crippen LogP contribution < -0.4 is 5.32 Å². The van der Waals surface area contributed by atoms with Gasteiger partial charge >= 0.3 is 0 Å². The first-order chi connectivity index (χ1) is 15.6. The molecule has 3 aromatic carbocycles. The summed E-state index contributed by atoms with van der Waals surface area (Å²) < 4.78 is 0.715. The Labute approximate surface area is 197 Å². The van der Waals surface area contributed by atoms with Gasteiger partial charge in [0.25, 0.3) is 11.8 Å². The third-order valence-corrected chi connectivity index (χ3v) is 6.34. The van der Waals surface area contributed by atoms with E-state index in [2.05, 4.69) is 50.4 Å². The van der Waals surface area contributed by atoms with Gasteiger partial charge in [0, 0.05) is 37.2 Å². The molecule has 4 rings (SSSR count). The molecule has 0 saturated carbocycles. The molecular weight excluding hydrogens is 466 g/mol. The molecule has 1 N–H and O–H groups in total. The topological polar surface area (TPSA) is 52.7 Å². The summed E-state index contributed by atoms with van der Waals surface area (Å²) in [5.74, 6) is -0.294. The van der Waals surface area contributed by atoms with Crippen LogP contribution in [0.2, 0.25) is 0 Å². The van der Waals surface area contributed by atoms with Gasteiger partial charge in [0.1, 0.15) is 0 Å². The van der Waals surface area contributed by atoms with E-state index >= 15 is 0 Å². The van der Waals surface area contributed by atoms with Gasteiger partial charge in [-0.15, -0.1) is 0 Å². The molecule has 2 amide bonds. The third-order valence-electron chi connectivity index (χ3n) is 5.65. The van der Waals surface area contributed by atoms with Gasteiger partial charge in [-0.05, 0) is 52.2 Å². The van der Waals surface area contributed by atoms with Crippen LogP contribution in [0.25, 0.3) is 0 Å². The van der Waals surface area contributed by atoms with E-state index in [4.69, 9.17) is 0 Å². The van der Waals surface area contributed by atoms with Gasteiger partial charge in [-0.2, -0.15) is 0 Å². The lowest BCUT2D eigenvalue weighted by Gasteiger charge is -2.23. The lowest BCUT2D eigenvalue weighted by molar-refractivity contribution is 0.0762. The number of anilines is 1. The highest BCUT2D eigenvalue weighted by Crippen LogP contribution is 2.22. The molecule has 1 aliphatic heterocycles. The first-order valence-corrected chi connectivity index (χ1v) is 11.6. The lowest BCUT2D eigenvalue weighted by atomic mass is 10.1. The Morgan fingerprint density at radius 1 is 0.781 bits per heavy atom. The molecule has 1 heterocycles. The Kier molecular flexibility index (Phi) is 7.35. The molecular formula is C26H26BrN3O2. The summed E-state index contributed by atoms with van der Waals surface area (Å²) in [6.07, 6.45) is 0.921. The summed E-state index contributed by atoms with van der Waals surface area (Å²) in [5.41, 5.74) is 2.86. The van der Waals surface area contributed by atoms with Gasteiger partial charge in [-0.25, -0.2) is 0 Å². The fraction of sp³-hybridized carbons (Fsp3) is 0.231. The summed E-state index contributed by atoms with van der Waals surface area (Å²) in [5, 5.41) is 2.92. The zero-order valence-electron chi connectivity index (χ0n) is 17.8. The van der Waals surface area contributed by atoms with E-state index in [-0.39, 0.29) is 11.8 Å². The molecule has 0 bridgehead atoms. The van der Waals surface area contributed by atoms with Crippen molar-refractivity contribution in [3.63, 3.8) is 0 Å². The number of amides is 2. The van der Waals surface area contributed by atoms with Crippen LogP contribution in [0.4, 0.5) is 5.69 Å². The Morgan fingerprint density at radius 3 is 2.25 bits per heavy atom. The van der Waals surface area contributed by atoms with Crippen molar-refractivity contribution >= 4 is 33.4 Å². The standard InChI is InChI=1S/C26H26BrN3O2/c27-23-13-6-4-11-21(23)25(31)28-24-14-7-5-12-22(24)26(32)30-16-8-15-29(17-18-30)19-20-9-2-1-3-10-20/h1-7,9-14H,8,15-19H2,(H,28,31). The van der Waals surface area contributed by atoms with Gasteiger partial charge in [-0.1, -0.05) is 54.6 Å². The minimum Gasteiger partial charge on any atom is -0.337 e. The predicted molar refractivity (Wildman–Crippen MR) is 131 cm³/mol. The lowest BCUT2D eigenvalue weighted by Crippen LogP contribution is -2.35. The molecule has 0 atom stereocenters. The molecule has 1 aliphatic rings. The summed E-state index contributed by atoms with van der Waals surface area (Å²) in [7, 11) is 0. The number of nitrogens with one attached hydrogen (secondary N) is 1. The van der Waals surface area contributed by atoms with Crippen LogP contribution in [-0.2, 0) is 6.54 Å². The fourth-order valence-electron chi connectivity index (χ4n) is 3.96. The first-order valence-electron chi connectivity index (χ1n) is 10.8. The van der Waals surface area contributed by atoms with Gasteiger partial charge in [0.15, 0.2) is 0 Å². The van der Waals surface area contributed by atoms with E-state index in [1.165, 1.54) is 5.56 Å². The van der Waals surface area contributed by atoms with Gasteiger partial charge in [0.05, 0.1) is 16.8 Å². The van der Waals surface area contributed by atoms with E-state index in [9.17, 15) is 9.59 Å². The van der Waals surface area contributed by atoms with Crippen molar-refractivity contribution < 1.29 is 9.59 Å². The number of carbonyl (C=O) groups excluding carboxylic acids is 2. The zero-order valence-corrected chi connectivity index (χ0v) is 19.4.